The fraction of sp³-hybridized carbons (Fsp3) is 0.600. The Morgan fingerprint density at radius 1 is 1.47 bits per heavy atom. The van der Waals surface area contributed by atoms with Gasteiger partial charge in [-0.05, 0) is 49.9 Å². The van der Waals surface area contributed by atoms with Gasteiger partial charge in [-0.1, -0.05) is 13.3 Å². The van der Waals surface area contributed by atoms with E-state index in [9.17, 15) is 4.79 Å². The zero-order chi connectivity index (χ0) is 13.6. The van der Waals surface area contributed by atoms with Crippen LogP contribution in [0, 0.1) is 0 Å². The molecular formula is C15H23N3O. The Kier molecular flexibility index (Phi) is 4.91. The predicted molar refractivity (Wildman–Crippen MR) is 75.8 cm³/mol. The van der Waals surface area contributed by atoms with Crippen LogP contribution in [-0.2, 0) is 11.2 Å². The lowest BCUT2D eigenvalue weighted by Crippen LogP contribution is -2.53. The molecule has 1 atom stereocenters. The normalized spacial score (nSPS) is 22.4. The van der Waals surface area contributed by atoms with Crippen LogP contribution in [0.5, 0.6) is 0 Å². The minimum absolute atomic E-state index is 0.168. The number of hydrogen-bond acceptors (Lipinski definition) is 3. The molecule has 0 aromatic carbocycles. The first kappa shape index (κ1) is 14.0. The molecule has 0 aliphatic carbocycles. The number of aromatic nitrogens is 1. The summed E-state index contributed by atoms with van der Waals surface area (Å²) in [6.07, 6.45) is 8.44. The number of carbonyl (C=O) groups is 1. The average Bonchev–Trinajstić information content (AvgIpc) is 2.90. The molecular weight excluding hydrogens is 238 g/mol. The van der Waals surface area contributed by atoms with Gasteiger partial charge in [-0.3, -0.25) is 9.78 Å². The van der Waals surface area contributed by atoms with E-state index in [1.54, 1.807) is 12.4 Å². The van der Waals surface area contributed by atoms with Gasteiger partial charge >= 0.3 is 0 Å². The van der Waals surface area contributed by atoms with Gasteiger partial charge in [0.05, 0.1) is 5.54 Å². The fourth-order valence-electron chi connectivity index (χ4n) is 2.79. The topological polar surface area (TPSA) is 54.0 Å². The van der Waals surface area contributed by atoms with E-state index >= 15 is 0 Å². The zero-order valence-electron chi connectivity index (χ0n) is 11.6. The number of nitrogens with one attached hydrogen (secondary N) is 2. The third kappa shape index (κ3) is 3.53. The van der Waals surface area contributed by atoms with Crippen molar-refractivity contribution in [1.82, 2.24) is 15.6 Å². The molecule has 2 heterocycles. The molecule has 4 heteroatoms. The van der Waals surface area contributed by atoms with Gasteiger partial charge in [0.1, 0.15) is 0 Å². The smallest absolute Gasteiger partial charge is 0.240 e. The van der Waals surface area contributed by atoms with Gasteiger partial charge in [0.25, 0.3) is 0 Å². The molecule has 1 aliphatic rings. The third-order valence-corrected chi connectivity index (χ3v) is 3.80. The van der Waals surface area contributed by atoms with Crippen LogP contribution in [0.25, 0.3) is 0 Å². The van der Waals surface area contributed by atoms with Crippen molar-refractivity contribution in [3.8, 4) is 0 Å². The first-order valence-corrected chi connectivity index (χ1v) is 7.19. The highest BCUT2D eigenvalue weighted by Gasteiger charge is 2.39. The molecule has 1 aromatic rings. The molecule has 1 amide bonds. The maximum absolute atomic E-state index is 12.4. The van der Waals surface area contributed by atoms with Gasteiger partial charge in [0, 0.05) is 18.9 Å². The Bertz CT molecular complexity index is 399. The fourth-order valence-corrected chi connectivity index (χ4v) is 2.79. The van der Waals surface area contributed by atoms with Crippen molar-refractivity contribution in [3.05, 3.63) is 30.1 Å². The minimum atomic E-state index is -0.313. The predicted octanol–water partition coefficient (Wildman–Crippen LogP) is 1.66. The van der Waals surface area contributed by atoms with E-state index in [0.717, 1.165) is 38.6 Å². The van der Waals surface area contributed by atoms with E-state index in [1.165, 1.54) is 5.56 Å². The lowest BCUT2D eigenvalue weighted by Gasteiger charge is -2.27. The van der Waals surface area contributed by atoms with E-state index in [1.807, 2.05) is 12.1 Å². The van der Waals surface area contributed by atoms with E-state index in [0.29, 0.717) is 6.54 Å². The van der Waals surface area contributed by atoms with Crippen LogP contribution in [0.15, 0.2) is 24.5 Å². The molecule has 1 aliphatic heterocycles. The number of amides is 1. The van der Waals surface area contributed by atoms with Crippen LogP contribution >= 0.6 is 0 Å². The van der Waals surface area contributed by atoms with Crippen LogP contribution in [0.3, 0.4) is 0 Å². The van der Waals surface area contributed by atoms with Gasteiger partial charge in [-0.25, -0.2) is 0 Å². The highest BCUT2D eigenvalue weighted by molar-refractivity contribution is 5.86. The number of carbonyl (C=O) groups excluding carboxylic acids is 1. The third-order valence-electron chi connectivity index (χ3n) is 3.80. The first-order chi connectivity index (χ1) is 9.27. The average molecular weight is 261 g/mol. The molecule has 0 saturated carbocycles. The SMILES string of the molecule is CCCC1(C(=O)NCCc2ccncc2)CCCN1. The summed E-state index contributed by atoms with van der Waals surface area (Å²) in [5.41, 5.74) is 0.895. The molecule has 0 spiro atoms. The van der Waals surface area contributed by atoms with E-state index < -0.39 is 0 Å². The summed E-state index contributed by atoms with van der Waals surface area (Å²) in [4.78, 5) is 16.4. The van der Waals surface area contributed by atoms with Crippen LogP contribution in [0.2, 0.25) is 0 Å². The van der Waals surface area contributed by atoms with Crippen molar-refractivity contribution in [2.45, 2.75) is 44.6 Å². The summed E-state index contributed by atoms with van der Waals surface area (Å²) >= 11 is 0. The molecule has 0 radical (unpaired) electrons. The number of nitrogens with zero attached hydrogens (tertiary/aromatic N) is 1. The largest absolute Gasteiger partial charge is 0.354 e. The van der Waals surface area contributed by atoms with Gasteiger partial charge in [0.2, 0.25) is 5.91 Å². The highest BCUT2D eigenvalue weighted by Crippen LogP contribution is 2.24. The Morgan fingerprint density at radius 3 is 2.89 bits per heavy atom. The molecule has 2 N–H and O–H groups in total. The number of hydrogen-bond donors (Lipinski definition) is 2. The molecule has 104 valence electrons. The summed E-state index contributed by atoms with van der Waals surface area (Å²) in [7, 11) is 0. The molecule has 19 heavy (non-hydrogen) atoms. The van der Waals surface area contributed by atoms with Crippen molar-refractivity contribution in [1.29, 1.82) is 0 Å². The quantitative estimate of drug-likeness (QED) is 0.819. The Balaban J connectivity index is 1.83. The second-order valence-electron chi connectivity index (χ2n) is 5.22. The van der Waals surface area contributed by atoms with Gasteiger partial charge in [-0.15, -0.1) is 0 Å². The van der Waals surface area contributed by atoms with Crippen molar-refractivity contribution in [3.63, 3.8) is 0 Å². The van der Waals surface area contributed by atoms with Crippen molar-refractivity contribution < 1.29 is 4.79 Å². The molecule has 1 fully saturated rings. The highest BCUT2D eigenvalue weighted by atomic mass is 16.2. The molecule has 1 saturated heterocycles. The van der Waals surface area contributed by atoms with Crippen molar-refractivity contribution in [2.75, 3.05) is 13.1 Å². The summed E-state index contributed by atoms with van der Waals surface area (Å²) < 4.78 is 0. The summed E-state index contributed by atoms with van der Waals surface area (Å²) in [5.74, 6) is 0.168. The maximum Gasteiger partial charge on any atom is 0.240 e. The molecule has 4 nitrogen and oxygen atoms in total. The number of pyridine rings is 1. The van der Waals surface area contributed by atoms with Gasteiger partial charge in [0.15, 0.2) is 0 Å². The van der Waals surface area contributed by atoms with Crippen molar-refractivity contribution in [2.24, 2.45) is 0 Å². The van der Waals surface area contributed by atoms with Crippen molar-refractivity contribution >= 4 is 5.91 Å². The Labute approximate surface area is 115 Å². The van der Waals surface area contributed by atoms with Crippen LogP contribution in [0.4, 0.5) is 0 Å². The van der Waals surface area contributed by atoms with Gasteiger partial charge < -0.3 is 10.6 Å². The Hall–Kier alpha value is -1.42. The van der Waals surface area contributed by atoms with E-state index in [4.69, 9.17) is 0 Å². The molecule has 1 unspecified atom stereocenters. The van der Waals surface area contributed by atoms with E-state index in [-0.39, 0.29) is 11.4 Å². The number of rotatable bonds is 6. The Morgan fingerprint density at radius 2 is 2.26 bits per heavy atom. The first-order valence-electron chi connectivity index (χ1n) is 7.19. The van der Waals surface area contributed by atoms with Crippen LogP contribution < -0.4 is 10.6 Å². The second kappa shape index (κ2) is 6.66. The van der Waals surface area contributed by atoms with Crippen LogP contribution in [-0.4, -0.2) is 29.5 Å². The molecule has 1 aromatic heterocycles. The van der Waals surface area contributed by atoms with Crippen LogP contribution in [0.1, 0.15) is 38.2 Å². The second-order valence-corrected chi connectivity index (χ2v) is 5.22. The minimum Gasteiger partial charge on any atom is -0.354 e. The summed E-state index contributed by atoms with van der Waals surface area (Å²) in [6.45, 7) is 3.78. The summed E-state index contributed by atoms with van der Waals surface area (Å²) in [6, 6.07) is 3.98. The lowest BCUT2D eigenvalue weighted by molar-refractivity contribution is -0.127. The molecule has 0 bridgehead atoms. The maximum atomic E-state index is 12.4. The van der Waals surface area contributed by atoms with Gasteiger partial charge in [-0.2, -0.15) is 0 Å². The monoisotopic (exact) mass is 261 g/mol. The lowest BCUT2D eigenvalue weighted by atomic mass is 9.91. The molecule has 2 rings (SSSR count). The zero-order valence-corrected chi connectivity index (χ0v) is 11.6. The standard InChI is InChI=1S/C15H23N3O/c1-2-7-15(8-3-9-18-15)14(19)17-12-6-13-4-10-16-11-5-13/h4-5,10-11,18H,2-3,6-9,12H2,1H3,(H,17,19). The van der Waals surface area contributed by atoms with E-state index in [2.05, 4.69) is 22.5 Å². The summed E-state index contributed by atoms with van der Waals surface area (Å²) in [5, 5.41) is 6.47.